The van der Waals surface area contributed by atoms with Gasteiger partial charge < -0.3 is 10.6 Å². The summed E-state index contributed by atoms with van der Waals surface area (Å²) < 4.78 is 13.8. The SMILES string of the molecule is CCCN(CC1CC1)C(=O)c1ccnc(N)c1F. The number of anilines is 1. The van der Waals surface area contributed by atoms with E-state index < -0.39 is 5.82 Å². The van der Waals surface area contributed by atoms with E-state index in [0.717, 1.165) is 19.3 Å². The van der Waals surface area contributed by atoms with E-state index in [2.05, 4.69) is 4.98 Å². The van der Waals surface area contributed by atoms with Crippen LogP contribution in [0.5, 0.6) is 0 Å². The highest BCUT2D eigenvalue weighted by Crippen LogP contribution is 2.30. The van der Waals surface area contributed by atoms with E-state index in [9.17, 15) is 9.18 Å². The summed E-state index contributed by atoms with van der Waals surface area (Å²) in [7, 11) is 0. The van der Waals surface area contributed by atoms with Crippen LogP contribution in [0.15, 0.2) is 12.3 Å². The van der Waals surface area contributed by atoms with Gasteiger partial charge in [0.25, 0.3) is 5.91 Å². The minimum Gasteiger partial charge on any atom is -0.381 e. The van der Waals surface area contributed by atoms with Crippen LogP contribution < -0.4 is 5.73 Å². The predicted octanol–water partition coefficient (Wildman–Crippen LogP) is 2.07. The molecule has 1 aliphatic rings. The van der Waals surface area contributed by atoms with E-state index >= 15 is 0 Å². The topological polar surface area (TPSA) is 59.2 Å². The van der Waals surface area contributed by atoms with E-state index in [1.807, 2.05) is 6.92 Å². The Morgan fingerprint density at radius 3 is 2.94 bits per heavy atom. The van der Waals surface area contributed by atoms with Crippen molar-refractivity contribution in [3.05, 3.63) is 23.6 Å². The number of carbonyl (C=O) groups excluding carboxylic acids is 1. The average Bonchev–Trinajstić information content (AvgIpc) is 3.15. The summed E-state index contributed by atoms with van der Waals surface area (Å²) in [6.45, 7) is 3.37. The molecule has 1 fully saturated rings. The lowest BCUT2D eigenvalue weighted by Gasteiger charge is -2.22. The van der Waals surface area contributed by atoms with E-state index in [4.69, 9.17) is 5.73 Å². The maximum absolute atomic E-state index is 13.8. The third-order valence-electron chi connectivity index (χ3n) is 3.10. The smallest absolute Gasteiger partial charge is 0.257 e. The Labute approximate surface area is 106 Å². The molecule has 0 spiro atoms. The first kappa shape index (κ1) is 12.8. The fourth-order valence-corrected chi connectivity index (χ4v) is 1.95. The molecular weight excluding hydrogens is 233 g/mol. The Hall–Kier alpha value is -1.65. The van der Waals surface area contributed by atoms with Gasteiger partial charge in [0, 0.05) is 19.3 Å². The number of rotatable bonds is 5. The zero-order valence-corrected chi connectivity index (χ0v) is 10.5. The highest BCUT2D eigenvalue weighted by Gasteiger charge is 2.28. The molecule has 0 aliphatic heterocycles. The van der Waals surface area contributed by atoms with Crippen molar-refractivity contribution in [2.45, 2.75) is 26.2 Å². The molecule has 0 aromatic carbocycles. The molecule has 0 bridgehead atoms. The Morgan fingerprint density at radius 1 is 1.61 bits per heavy atom. The summed E-state index contributed by atoms with van der Waals surface area (Å²) in [5.41, 5.74) is 5.41. The summed E-state index contributed by atoms with van der Waals surface area (Å²) in [6.07, 6.45) is 4.55. The van der Waals surface area contributed by atoms with Crippen molar-refractivity contribution in [3.8, 4) is 0 Å². The number of carbonyl (C=O) groups is 1. The Bertz CT molecular complexity index is 446. The zero-order chi connectivity index (χ0) is 13.1. The van der Waals surface area contributed by atoms with Crippen molar-refractivity contribution in [1.82, 2.24) is 9.88 Å². The first-order valence-electron chi connectivity index (χ1n) is 6.32. The number of hydrogen-bond donors (Lipinski definition) is 1. The molecule has 0 unspecified atom stereocenters. The Kier molecular flexibility index (Phi) is 3.79. The van der Waals surface area contributed by atoms with Gasteiger partial charge in [-0.05, 0) is 31.2 Å². The lowest BCUT2D eigenvalue weighted by molar-refractivity contribution is 0.0743. The molecule has 1 saturated carbocycles. The molecule has 5 heteroatoms. The molecule has 2 rings (SSSR count). The Balaban J connectivity index is 2.17. The first-order chi connectivity index (χ1) is 8.63. The largest absolute Gasteiger partial charge is 0.381 e. The summed E-state index contributed by atoms with van der Waals surface area (Å²) in [6, 6.07) is 1.39. The lowest BCUT2D eigenvalue weighted by Crippen LogP contribution is -2.34. The second-order valence-corrected chi connectivity index (χ2v) is 4.75. The van der Waals surface area contributed by atoms with Gasteiger partial charge in [-0.3, -0.25) is 4.79 Å². The fraction of sp³-hybridized carbons (Fsp3) is 0.538. The van der Waals surface area contributed by atoms with Crippen molar-refractivity contribution in [2.24, 2.45) is 5.92 Å². The quantitative estimate of drug-likeness (QED) is 0.871. The van der Waals surface area contributed by atoms with Crippen LogP contribution in [0.3, 0.4) is 0 Å². The molecule has 1 aromatic heterocycles. The van der Waals surface area contributed by atoms with Crippen LogP contribution in [0, 0.1) is 11.7 Å². The second-order valence-electron chi connectivity index (χ2n) is 4.75. The van der Waals surface area contributed by atoms with Gasteiger partial charge in [-0.1, -0.05) is 6.92 Å². The van der Waals surface area contributed by atoms with Crippen LogP contribution >= 0.6 is 0 Å². The van der Waals surface area contributed by atoms with Gasteiger partial charge in [0.1, 0.15) is 0 Å². The van der Waals surface area contributed by atoms with Crippen LogP contribution in [0.25, 0.3) is 0 Å². The zero-order valence-electron chi connectivity index (χ0n) is 10.5. The van der Waals surface area contributed by atoms with Crippen molar-refractivity contribution in [2.75, 3.05) is 18.8 Å². The highest BCUT2D eigenvalue weighted by molar-refractivity contribution is 5.95. The first-order valence-corrected chi connectivity index (χ1v) is 6.32. The Morgan fingerprint density at radius 2 is 2.33 bits per heavy atom. The molecule has 18 heavy (non-hydrogen) atoms. The third-order valence-corrected chi connectivity index (χ3v) is 3.10. The van der Waals surface area contributed by atoms with E-state index in [0.29, 0.717) is 19.0 Å². The maximum atomic E-state index is 13.8. The average molecular weight is 251 g/mol. The maximum Gasteiger partial charge on any atom is 0.257 e. The van der Waals surface area contributed by atoms with Crippen molar-refractivity contribution >= 4 is 11.7 Å². The van der Waals surface area contributed by atoms with Gasteiger partial charge in [0.2, 0.25) is 0 Å². The summed E-state index contributed by atoms with van der Waals surface area (Å²) in [5.74, 6) is -0.624. The molecule has 2 N–H and O–H groups in total. The number of amides is 1. The minimum absolute atomic E-state index is 0.0246. The van der Waals surface area contributed by atoms with E-state index in [-0.39, 0.29) is 17.3 Å². The highest BCUT2D eigenvalue weighted by atomic mass is 19.1. The van der Waals surface area contributed by atoms with Gasteiger partial charge in [-0.25, -0.2) is 9.37 Å². The number of aromatic nitrogens is 1. The van der Waals surface area contributed by atoms with Crippen LogP contribution in [0.1, 0.15) is 36.5 Å². The van der Waals surface area contributed by atoms with Gasteiger partial charge in [0.15, 0.2) is 11.6 Å². The van der Waals surface area contributed by atoms with Crippen LogP contribution in [-0.4, -0.2) is 28.9 Å². The van der Waals surface area contributed by atoms with Crippen LogP contribution in [0.2, 0.25) is 0 Å². The molecule has 98 valence electrons. The number of halogens is 1. The number of nitrogens with zero attached hydrogens (tertiary/aromatic N) is 2. The summed E-state index contributed by atoms with van der Waals surface area (Å²) in [4.78, 5) is 17.6. The predicted molar refractivity (Wildman–Crippen MR) is 67.5 cm³/mol. The van der Waals surface area contributed by atoms with Crippen LogP contribution in [-0.2, 0) is 0 Å². The normalized spacial score (nSPS) is 14.6. The lowest BCUT2D eigenvalue weighted by atomic mass is 10.2. The monoisotopic (exact) mass is 251 g/mol. The van der Waals surface area contributed by atoms with Crippen molar-refractivity contribution in [1.29, 1.82) is 0 Å². The van der Waals surface area contributed by atoms with Gasteiger partial charge in [-0.2, -0.15) is 0 Å². The molecule has 1 aromatic rings. The molecular formula is C13H18FN3O. The number of pyridine rings is 1. The molecule has 0 radical (unpaired) electrons. The van der Waals surface area contributed by atoms with Gasteiger partial charge in [0.05, 0.1) is 5.56 Å². The summed E-state index contributed by atoms with van der Waals surface area (Å²) in [5, 5.41) is 0. The van der Waals surface area contributed by atoms with Gasteiger partial charge in [-0.15, -0.1) is 0 Å². The molecule has 0 saturated heterocycles. The second kappa shape index (κ2) is 5.33. The molecule has 1 aliphatic carbocycles. The van der Waals surface area contributed by atoms with E-state index in [1.54, 1.807) is 4.90 Å². The van der Waals surface area contributed by atoms with Crippen molar-refractivity contribution < 1.29 is 9.18 Å². The number of hydrogen-bond acceptors (Lipinski definition) is 3. The standard InChI is InChI=1S/C13H18FN3O/c1-2-7-17(8-9-3-4-9)13(18)10-5-6-16-12(15)11(10)14/h5-6,9H,2-4,7-8H2,1H3,(H2,15,16). The van der Waals surface area contributed by atoms with Gasteiger partial charge >= 0.3 is 0 Å². The summed E-state index contributed by atoms with van der Waals surface area (Å²) >= 11 is 0. The van der Waals surface area contributed by atoms with Crippen molar-refractivity contribution in [3.63, 3.8) is 0 Å². The van der Waals surface area contributed by atoms with E-state index in [1.165, 1.54) is 12.3 Å². The number of nitrogen functional groups attached to an aromatic ring is 1. The molecule has 0 atom stereocenters. The van der Waals surface area contributed by atoms with Crippen LogP contribution in [0.4, 0.5) is 10.2 Å². The third kappa shape index (κ3) is 2.78. The fourth-order valence-electron chi connectivity index (χ4n) is 1.95. The molecule has 1 amide bonds. The number of nitrogens with two attached hydrogens (primary N) is 1. The molecule has 4 nitrogen and oxygen atoms in total. The minimum atomic E-state index is -0.709. The molecule has 1 heterocycles.